The van der Waals surface area contributed by atoms with Gasteiger partial charge in [0, 0.05) is 31.0 Å². The van der Waals surface area contributed by atoms with Crippen molar-refractivity contribution in [2.24, 2.45) is 11.8 Å². The first-order valence-corrected chi connectivity index (χ1v) is 13.4. The van der Waals surface area contributed by atoms with Crippen molar-refractivity contribution in [3.8, 4) is 5.75 Å². The van der Waals surface area contributed by atoms with Crippen molar-refractivity contribution in [2.75, 3.05) is 19.7 Å². The van der Waals surface area contributed by atoms with Crippen LogP contribution in [0, 0.1) is 15.4 Å². The van der Waals surface area contributed by atoms with Crippen molar-refractivity contribution in [1.29, 1.82) is 0 Å². The number of amides is 2. The molecule has 3 N–H and O–H groups in total. The highest BCUT2D eigenvalue weighted by atomic mass is 127. The van der Waals surface area contributed by atoms with E-state index < -0.39 is 18.2 Å². The molecule has 8 heteroatoms. The lowest BCUT2D eigenvalue weighted by Crippen LogP contribution is -2.57. The number of aliphatic hydroxyl groups is 2. The van der Waals surface area contributed by atoms with E-state index in [0.717, 1.165) is 29.3 Å². The minimum Gasteiger partial charge on any atom is -0.482 e. The molecule has 0 saturated heterocycles. The van der Waals surface area contributed by atoms with Crippen LogP contribution in [-0.2, 0) is 9.59 Å². The monoisotopic (exact) mass is 584 g/mol. The Bertz CT molecular complexity index is 869. The van der Waals surface area contributed by atoms with Gasteiger partial charge in [0.15, 0.2) is 0 Å². The highest BCUT2D eigenvalue weighted by Crippen LogP contribution is 2.32. The third kappa shape index (κ3) is 6.95. The van der Waals surface area contributed by atoms with Gasteiger partial charge >= 0.3 is 0 Å². The molecule has 0 bridgehead atoms. The third-order valence-corrected chi connectivity index (χ3v) is 7.56. The second-order valence-electron chi connectivity index (χ2n) is 9.60. The van der Waals surface area contributed by atoms with Gasteiger partial charge in [0.1, 0.15) is 18.0 Å². The molecule has 1 fully saturated rings. The average molecular weight is 584 g/mol. The van der Waals surface area contributed by atoms with Crippen LogP contribution in [-0.4, -0.2) is 64.9 Å². The summed E-state index contributed by atoms with van der Waals surface area (Å²) in [6.45, 7) is 4.31. The fraction of sp³-hybridized carbons (Fsp3) is 0.615. The number of carbonyl (C=O) groups is 2. The molecule has 3 atom stereocenters. The van der Waals surface area contributed by atoms with Crippen LogP contribution in [0.25, 0.3) is 0 Å². The Morgan fingerprint density at radius 1 is 1.21 bits per heavy atom. The Labute approximate surface area is 216 Å². The number of hydrogen-bond donors (Lipinski definition) is 3. The van der Waals surface area contributed by atoms with E-state index in [1.165, 1.54) is 6.42 Å². The molecule has 3 rings (SSSR count). The number of nitrogens with zero attached hydrogens (tertiary/aromatic N) is 1. The SMILES string of the molecule is CC(C)C(=O)N(CC1CCCCC1)C1CC(C(=O)NCCO)=CC(Oc2ccccc2I)C1O. The van der Waals surface area contributed by atoms with E-state index in [4.69, 9.17) is 9.84 Å². The predicted molar refractivity (Wildman–Crippen MR) is 139 cm³/mol. The van der Waals surface area contributed by atoms with Crippen molar-refractivity contribution < 1.29 is 24.5 Å². The van der Waals surface area contributed by atoms with E-state index in [1.807, 2.05) is 43.0 Å². The van der Waals surface area contributed by atoms with Gasteiger partial charge in [0.2, 0.25) is 11.8 Å². The molecule has 1 aromatic carbocycles. The highest BCUT2D eigenvalue weighted by Gasteiger charge is 2.41. The second-order valence-corrected chi connectivity index (χ2v) is 10.8. The molecule has 34 heavy (non-hydrogen) atoms. The summed E-state index contributed by atoms with van der Waals surface area (Å²) in [5, 5.41) is 23.3. The van der Waals surface area contributed by atoms with Gasteiger partial charge in [-0.3, -0.25) is 9.59 Å². The Morgan fingerprint density at radius 3 is 2.56 bits per heavy atom. The third-order valence-electron chi connectivity index (χ3n) is 6.67. The van der Waals surface area contributed by atoms with Gasteiger partial charge in [-0.05, 0) is 59.6 Å². The van der Waals surface area contributed by atoms with Gasteiger partial charge in [-0.15, -0.1) is 0 Å². The van der Waals surface area contributed by atoms with E-state index in [0.29, 0.717) is 23.8 Å². The highest BCUT2D eigenvalue weighted by molar-refractivity contribution is 14.1. The molecule has 7 nitrogen and oxygen atoms in total. The number of carbonyl (C=O) groups excluding carboxylic acids is 2. The molecule has 1 aromatic rings. The first-order chi connectivity index (χ1) is 16.3. The number of benzene rings is 1. The molecule has 188 valence electrons. The van der Waals surface area contributed by atoms with Crippen molar-refractivity contribution in [1.82, 2.24) is 10.2 Å². The van der Waals surface area contributed by atoms with E-state index in [-0.39, 0.29) is 37.3 Å². The summed E-state index contributed by atoms with van der Waals surface area (Å²) in [6.07, 6.45) is 5.85. The number of nitrogens with one attached hydrogen (secondary N) is 1. The first kappa shape index (κ1) is 26.9. The van der Waals surface area contributed by atoms with Gasteiger partial charge < -0.3 is 25.2 Å². The van der Waals surface area contributed by atoms with Gasteiger partial charge in [-0.2, -0.15) is 0 Å². The topological polar surface area (TPSA) is 99.1 Å². The molecule has 3 unspecified atom stereocenters. The quantitative estimate of drug-likeness (QED) is 0.387. The summed E-state index contributed by atoms with van der Waals surface area (Å²) in [5.41, 5.74) is 0.463. The lowest BCUT2D eigenvalue weighted by molar-refractivity contribution is -0.143. The number of ether oxygens (including phenoxy) is 1. The zero-order chi connectivity index (χ0) is 24.7. The molecule has 1 saturated carbocycles. The minimum atomic E-state index is -0.975. The first-order valence-electron chi connectivity index (χ1n) is 12.3. The van der Waals surface area contributed by atoms with Crippen molar-refractivity contribution in [3.63, 3.8) is 0 Å². The van der Waals surface area contributed by atoms with Crippen LogP contribution >= 0.6 is 22.6 Å². The normalized spacial score (nSPS) is 23.4. The summed E-state index contributed by atoms with van der Waals surface area (Å²) < 4.78 is 7.09. The lowest BCUT2D eigenvalue weighted by atomic mass is 9.85. The zero-order valence-electron chi connectivity index (χ0n) is 20.1. The van der Waals surface area contributed by atoms with Crippen LogP contribution in [0.3, 0.4) is 0 Å². The van der Waals surface area contributed by atoms with E-state index in [9.17, 15) is 14.7 Å². The van der Waals surface area contributed by atoms with Gasteiger partial charge in [0.05, 0.1) is 16.2 Å². The summed E-state index contributed by atoms with van der Waals surface area (Å²) in [5.74, 6) is 0.475. The Morgan fingerprint density at radius 2 is 1.91 bits per heavy atom. The second kappa shape index (κ2) is 12.9. The average Bonchev–Trinajstić information content (AvgIpc) is 2.84. The summed E-state index contributed by atoms with van der Waals surface area (Å²) in [6, 6.07) is 6.95. The molecule has 0 heterocycles. The van der Waals surface area contributed by atoms with Crippen LogP contribution in [0.5, 0.6) is 5.75 Å². The fourth-order valence-corrected chi connectivity index (χ4v) is 5.35. The van der Waals surface area contributed by atoms with Gasteiger partial charge in [-0.1, -0.05) is 45.2 Å². The molecule has 2 amide bonds. The molecule has 0 radical (unpaired) electrons. The van der Waals surface area contributed by atoms with E-state index in [2.05, 4.69) is 27.9 Å². The van der Waals surface area contributed by atoms with Crippen LogP contribution in [0.2, 0.25) is 0 Å². The maximum atomic E-state index is 13.3. The standard InChI is InChI=1S/C26H37IN2O5/c1-17(2)26(33)29(16-18-8-4-3-5-9-18)21-14-19(25(32)28-12-13-30)15-23(24(21)31)34-22-11-7-6-10-20(22)27/h6-7,10-11,15,17-18,21,23-24,30-31H,3-5,8-9,12-14,16H2,1-2H3,(H,28,32). The van der Waals surface area contributed by atoms with E-state index in [1.54, 1.807) is 6.08 Å². The largest absolute Gasteiger partial charge is 0.482 e. The maximum absolute atomic E-state index is 13.3. The molecule has 0 aliphatic heterocycles. The number of hydrogen-bond acceptors (Lipinski definition) is 5. The molecular weight excluding hydrogens is 547 g/mol. The Balaban J connectivity index is 1.92. The number of para-hydroxylation sites is 1. The van der Waals surface area contributed by atoms with Gasteiger partial charge in [-0.25, -0.2) is 0 Å². The molecule has 2 aliphatic carbocycles. The van der Waals surface area contributed by atoms with Crippen molar-refractivity contribution in [3.05, 3.63) is 39.5 Å². The number of rotatable bonds is 9. The smallest absolute Gasteiger partial charge is 0.247 e. The Hall–Kier alpha value is -1.65. The zero-order valence-corrected chi connectivity index (χ0v) is 22.2. The van der Waals surface area contributed by atoms with Gasteiger partial charge in [0.25, 0.3) is 0 Å². The van der Waals surface area contributed by atoms with Crippen LogP contribution in [0.4, 0.5) is 0 Å². The maximum Gasteiger partial charge on any atom is 0.247 e. The van der Waals surface area contributed by atoms with Crippen molar-refractivity contribution in [2.45, 2.75) is 70.6 Å². The predicted octanol–water partition coefficient (Wildman–Crippen LogP) is 3.27. The molecular formula is C26H37IN2O5. The van der Waals surface area contributed by atoms with Crippen LogP contribution in [0.1, 0.15) is 52.4 Å². The van der Waals surface area contributed by atoms with Crippen molar-refractivity contribution >= 4 is 34.4 Å². The molecule has 0 aromatic heterocycles. The summed E-state index contributed by atoms with van der Waals surface area (Å²) in [7, 11) is 0. The van der Waals surface area contributed by atoms with Crippen LogP contribution in [0.15, 0.2) is 35.9 Å². The summed E-state index contributed by atoms with van der Waals surface area (Å²) in [4.78, 5) is 28.0. The number of aliphatic hydroxyl groups excluding tert-OH is 2. The molecule has 2 aliphatic rings. The van der Waals surface area contributed by atoms with Crippen LogP contribution < -0.4 is 10.1 Å². The number of halogens is 1. The lowest BCUT2D eigenvalue weighted by Gasteiger charge is -2.43. The molecule has 0 spiro atoms. The summed E-state index contributed by atoms with van der Waals surface area (Å²) >= 11 is 2.18. The Kier molecular flexibility index (Phi) is 10.2. The fourth-order valence-electron chi connectivity index (χ4n) is 4.83. The van der Waals surface area contributed by atoms with E-state index >= 15 is 0 Å². The minimum absolute atomic E-state index is 0.0142.